The molecular weight excluding hydrogens is 466 g/mol. The molecule has 176 valence electrons. The Kier molecular flexibility index (Phi) is 6.00. The number of imide groups is 1. The van der Waals surface area contributed by atoms with Crippen LogP contribution < -0.4 is 15.5 Å². The van der Waals surface area contributed by atoms with Gasteiger partial charge in [-0.2, -0.15) is 0 Å². The van der Waals surface area contributed by atoms with Crippen LogP contribution in [0.2, 0.25) is 0 Å². The van der Waals surface area contributed by atoms with Gasteiger partial charge in [-0.15, -0.1) is 11.8 Å². The Morgan fingerprint density at radius 3 is 2.34 bits per heavy atom. The fourth-order valence-corrected chi connectivity index (χ4v) is 5.12. The number of esters is 1. The lowest BCUT2D eigenvalue weighted by Crippen LogP contribution is -2.31. The van der Waals surface area contributed by atoms with Gasteiger partial charge in [0.1, 0.15) is 0 Å². The van der Waals surface area contributed by atoms with Crippen molar-refractivity contribution in [1.82, 2.24) is 0 Å². The van der Waals surface area contributed by atoms with Crippen LogP contribution in [0, 0.1) is 0 Å². The second-order valence-corrected chi connectivity index (χ2v) is 9.42. The third kappa shape index (κ3) is 4.63. The Labute approximate surface area is 205 Å². The molecule has 2 atom stereocenters. The predicted octanol–water partition coefficient (Wildman–Crippen LogP) is 4.35. The van der Waals surface area contributed by atoms with Crippen LogP contribution in [0.3, 0.4) is 0 Å². The Balaban J connectivity index is 1.23. The molecule has 0 saturated carbocycles. The Morgan fingerprint density at radius 1 is 0.943 bits per heavy atom. The Bertz CT molecular complexity index is 1320. The number of anilines is 3. The number of thioether (sulfide) groups is 1. The predicted molar refractivity (Wildman–Crippen MR) is 132 cm³/mol. The first kappa shape index (κ1) is 22.7. The van der Waals surface area contributed by atoms with Crippen LogP contribution in [0.5, 0.6) is 0 Å². The smallest absolute Gasteiger partial charge is 0.340 e. The summed E-state index contributed by atoms with van der Waals surface area (Å²) in [6.45, 7) is 1.41. The van der Waals surface area contributed by atoms with Gasteiger partial charge in [0.25, 0.3) is 0 Å². The number of carbonyl (C=O) groups is 4. The van der Waals surface area contributed by atoms with Crippen LogP contribution in [0.1, 0.15) is 35.5 Å². The normalized spacial score (nSPS) is 18.9. The molecule has 3 aromatic rings. The van der Waals surface area contributed by atoms with E-state index in [-0.39, 0.29) is 30.1 Å². The lowest BCUT2D eigenvalue weighted by molar-refractivity contribution is -0.121. The molecule has 3 aromatic carbocycles. The zero-order valence-electron chi connectivity index (χ0n) is 18.7. The number of hydrogen-bond donors (Lipinski definition) is 2. The molecule has 0 aliphatic carbocycles. The monoisotopic (exact) mass is 487 g/mol. The fourth-order valence-electron chi connectivity index (χ4n) is 4.06. The summed E-state index contributed by atoms with van der Waals surface area (Å²) in [4.78, 5) is 50.8. The summed E-state index contributed by atoms with van der Waals surface area (Å²) in [7, 11) is 0. The van der Waals surface area contributed by atoms with Gasteiger partial charge in [0.15, 0.2) is 0 Å². The number of fused-ring (bicyclic) bond motifs is 1. The topological polar surface area (TPSA) is 105 Å². The van der Waals surface area contributed by atoms with Crippen LogP contribution in [0.4, 0.5) is 17.1 Å². The maximum absolute atomic E-state index is 13.0. The van der Waals surface area contributed by atoms with Crippen molar-refractivity contribution in [3.8, 4) is 0 Å². The number of amides is 3. The van der Waals surface area contributed by atoms with Crippen LogP contribution in [0.15, 0.2) is 77.7 Å². The SMILES string of the molecule is CC(=O)Nc1ccc(N2C(=O)CC(Sc3ccc(NC4OC(=O)c5ccccc54)cc3)C2=O)cc1. The summed E-state index contributed by atoms with van der Waals surface area (Å²) in [6, 6.07) is 21.2. The van der Waals surface area contributed by atoms with Gasteiger partial charge in [-0.1, -0.05) is 18.2 Å². The highest BCUT2D eigenvalue weighted by molar-refractivity contribution is 8.00. The van der Waals surface area contributed by atoms with E-state index in [0.717, 1.165) is 16.1 Å². The van der Waals surface area contributed by atoms with Crippen LogP contribution in [0.25, 0.3) is 0 Å². The maximum Gasteiger partial charge on any atom is 0.340 e. The number of nitrogens with one attached hydrogen (secondary N) is 2. The number of cyclic esters (lactones) is 1. The van der Waals surface area contributed by atoms with Gasteiger partial charge in [0.05, 0.1) is 16.5 Å². The van der Waals surface area contributed by atoms with Gasteiger partial charge >= 0.3 is 5.97 Å². The van der Waals surface area contributed by atoms with Gasteiger partial charge in [-0.3, -0.25) is 14.4 Å². The van der Waals surface area contributed by atoms with E-state index < -0.39 is 11.5 Å². The van der Waals surface area contributed by atoms with Crippen LogP contribution in [-0.4, -0.2) is 28.9 Å². The minimum Gasteiger partial charge on any atom is -0.434 e. The highest BCUT2D eigenvalue weighted by atomic mass is 32.2. The minimum atomic E-state index is -0.558. The first-order valence-corrected chi connectivity index (χ1v) is 11.8. The average Bonchev–Trinajstić information content (AvgIpc) is 3.30. The van der Waals surface area contributed by atoms with Crippen molar-refractivity contribution < 1.29 is 23.9 Å². The molecule has 2 N–H and O–H groups in total. The van der Waals surface area contributed by atoms with Gasteiger partial charge in [0.2, 0.25) is 23.9 Å². The lowest BCUT2D eigenvalue weighted by Gasteiger charge is -2.16. The van der Waals surface area contributed by atoms with Crippen molar-refractivity contribution in [2.75, 3.05) is 15.5 Å². The third-order valence-electron chi connectivity index (χ3n) is 5.67. The van der Waals surface area contributed by atoms with Crippen molar-refractivity contribution in [2.24, 2.45) is 0 Å². The van der Waals surface area contributed by atoms with Crippen molar-refractivity contribution in [3.63, 3.8) is 0 Å². The molecule has 1 fully saturated rings. The summed E-state index contributed by atoms with van der Waals surface area (Å²) in [6.07, 6.45) is -0.456. The Morgan fingerprint density at radius 2 is 1.63 bits per heavy atom. The van der Waals surface area contributed by atoms with Crippen molar-refractivity contribution in [1.29, 1.82) is 0 Å². The number of hydrogen-bond acceptors (Lipinski definition) is 7. The Hall–Kier alpha value is -4.11. The molecule has 0 bridgehead atoms. The van der Waals surface area contributed by atoms with E-state index in [1.165, 1.54) is 23.6 Å². The van der Waals surface area contributed by atoms with Crippen LogP contribution >= 0.6 is 11.8 Å². The lowest BCUT2D eigenvalue weighted by atomic mass is 10.1. The van der Waals surface area contributed by atoms with Crippen molar-refractivity contribution in [3.05, 3.63) is 83.9 Å². The average molecular weight is 488 g/mol. The fraction of sp³-hybridized carbons (Fsp3) is 0.154. The van der Waals surface area contributed by atoms with E-state index in [1.54, 1.807) is 36.4 Å². The zero-order valence-corrected chi connectivity index (χ0v) is 19.5. The molecular formula is C26H21N3O5S. The number of benzene rings is 3. The molecule has 1 saturated heterocycles. The molecule has 0 spiro atoms. The second kappa shape index (κ2) is 9.27. The summed E-state index contributed by atoms with van der Waals surface area (Å²) in [5.74, 6) is -1.09. The number of nitrogens with zero attached hydrogens (tertiary/aromatic N) is 1. The molecule has 35 heavy (non-hydrogen) atoms. The number of ether oxygens (including phenoxy) is 1. The van der Waals surface area contributed by atoms with E-state index in [0.29, 0.717) is 16.9 Å². The summed E-state index contributed by atoms with van der Waals surface area (Å²) in [5.41, 5.74) is 3.17. The molecule has 0 aromatic heterocycles. The molecule has 9 heteroatoms. The molecule has 2 heterocycles. The highest BCUT2D eigenvalue weighted by Gasteiger charge is 2.40. The van der Waals surface area contributed by atoms with E-state index in [1.807, 2.05) is 36.4 Å². The van der Waals surface area contributed by atoms with Gasteiger partial charge in [-0.05, 0) is 54.6 Å². The van der Waals surface area contributed by atoms with E-state index in [2.05, 4.69) is 10.6 Å². The van der Waals surface area contributed by atoms with Crippen LogP contribution in [-0.2, 0) is 19.1 Å². The molecule has 8 nitrogen and oxygen atoms in total. The first-order valence-electron chi connectivity index (χ1n) is 11.0. The standard InChI is InChI=1S/C26H21N3O5S/c1-15(30)27-16-6-10-18(11-7-16)29-23(31)14-22(25(29)32)35-19-12-8-17(9-13-19)28-24-20-4-2-3-5-21(20)26(33)34-24/h2-13,22,24,28H,14H2,1H3,(H,27,30). The zero-order chi connectivity index (χ0) is 24.5. The third-order valence-corrected chi connectivity index (χ3v) is 6.87. The van der Waals surface area contributed by atoms with Gasteiger partial charge in [-0.25, -0.2) is 9.69 Å². The molecule has 2 aliphatic heterocycles. The largest absolute Gasteiger partial charge is 0.434 e. The summed E-state index contributed by atoms with van der Waals surface area (Å²) in [5, 5.41) is 5.33. The minimum absolute atomic E-state index is 0.103. The molecule has 5 rings (SSSR count). The van der Waals surface area contributed by atoms with Gasteiger partial charge in [0, 0.05) is 35.2 Å². The molecule has 3 amide bonds. The van der Waals surface area contributed by atoms with E-state index in [4.69, 9.17) is 4.74 Å². The van der Waals surface area contributed by atoms with Gasteiger partial charge < -0.3 is 15.4 Å². The van der Waals surface area contributed by atoms with E-state index in [9.17, 15) is 19.2 Å². The molecule has 0 radical (unpaired) electrons. The maximum atomic E-state index is 13.0. The summed E-state index contributed by atoms with van der Waals surface area (Å²) < 4.78 is 5.42. The summed E-state index contributed by atoms with van der Waals surface area (Å²) >= 11 is 1.33. The second-order valence-electron chi connectivity index (χ2n) is 8.15. The number of rotatable bonds is 6. The molecule has 2 aliphatic rings. The quantitative estimate of drug-likeness (QED) is 0.393. The van der Waals surface area contributed by atoms with Crippen molar-refractivity contribution in [2.45, 2.75) is 29.7 Å². The van der Waals surface area contributed by atoms with Crippen molar-refractivity contribution >= 4 is 52.5 Å². The van der Waals surface area contributed by atoms with E-state index >= 15 is 0 Å². The number of carbonyl (C=O) groups excluding carboxylic acids is 4. The molecule has 2 unspecified atom stereocenters. The highest BCUT2D eigenvalue weighted by Crippen LogP contribution is 2.36. The first-order chi connectivity index (χ1) is 16.9.